The van der Waals surface area contributed by atoms with Crippen LogP contribution in [-0.4, -0.2) is 16.8 Å². The van der Waals surface area contributed by atoms with Crippen molar-refractivity contribution in [2.24, 2.45) is 11.7 Å². The van der Waals surface area contributed by atoms with Crippen molar-refractivity contribution in [2.45, 2.75) is 42.2 Å². The molecule has 1 aliphatic rings. The van der Waals surface area contributed by atoms with Gasteiger partial charge in [0.2, 0.25) is 0 Å². The minimum Gasteiger partial charge on any atom is -0.330 e. The molecule has 1 aromatic rings. The van der Waals surface area contributed by atoms with Gasteiger partial charge in [0.05, 0.1) is 0 Å². The van der Waals surface area contributed by atoms with Crippen LogP contribution in [0.15, 0.2) is 9.72 Å². The SMILES string of the molecule is Cc1csc(SC2CCCCC2CN)n1. The highest BCUT2D eigenvalue weighted by Gasteiger charge is 2.25. The van der Waals surface area contributed by atoms with Gasteiger partial charge < -0.3 is 5.73 Å². The van der Waals surface area contributed by atoms with Gasteiger partial charge in [-0.3, -0.25) is 0 Å². The largest absolute Gasteiger partial charge is 0.330 e. The molecule has 0 radical (unpaired) electrons. The first-order chi connectivity index (χ1) is 7.29. The van der Waals surface area contributed by atoms with E-state index in [9.17, 15) is 0 Å². The van der Waals surface area contributed by atoms with Crippen molar-refractivity contribution in [3.63, 3.8) is 0 Å². The van der Waals surface area contributed by atoms with E-state index < -0.39 is 0 Å². The van der Waals surface area contributed by atoms with Crippen LogP contribution in [0.25, 0.3) is 0 Å². The summed E-state index contributed by atoms with van der Waals surface area (Å²) >= 11 is 3.71. The minimum absolute atomic E-state index is 0.702. The van der Waals surface area contributed by atoms with E-state index in [1.54, 1.807) is 11.3 Å². The summed E-state index contributed by atoms with van der Waals surface area (Å²) in [6.45, 7) is 2.89. The summed E-state index contributed by atoms with van der Waals surface area (Å²) in [4.78, 5) is 4.51. The maximum absolute atomic E-state index is 5.82. The van der Waals surface area contributed by atoms with E-state index in [1.807, 2.05) is 11.8 Å². The Morgan fingerprint density at radius 1 is 1.53 bits per heavy atom. The van der Waals surface area contributed by atoms with E-state index in [0.717, 1.165) is 12.2 Å². The summed E-state index contributed by atoms with van der Waals surface area (Å²) in [6, 6.07) is 0. The number of thioether (sulfide) groups is 1. The van der Waals surface area contributed by atoms with Crippen LogP contribution in [-0.2, 0) is 0 Å². The van der Waals surface area contributed by atoms with Crippen molar-refractivity contribution in [2.75, 3.05) is 6.54 Å². The van der Waals surface area contributed by atoms with Crippen LogP contribution >= 0.6 is 23.1 Å². The summed E-state index contributed by atoms with van der Waals surface area (Å²) in [7, 11) is 0. The third-order valence-electron chi connectivity index (χ3n) is 2.99. The normalized spacial score (nSPS) is 26.8. The maximum Gasteiger partial charge on any atom is 0.150 e. The monoisotopic (exact) mass is 242 g/mol. The zero-order valence-electron chi connectivity index (χ0n) is 9.11. The zero-order chi connectivity index (χ0) is 10.7. The Bertz CT molecular complexity index is 311. The average Bonchev–Trinajstić information content (AvgIpc) is 2.65. The summed E-state index contributed by atoms with van der Waals surface area (Å²) < 4.78 is 1.22. The fourth-order valence-electron chi connectivity index (χ4n) is 2.11. The second-order valence-electron chi connectivity index (χ2n) is 4.19. The Morgan fingerprint density at radius 2 is 2.33 bits per heavy atom. The van der Waals surface area contributed by atoms with Crippen molar-refractivity contribution in [1.82, 2.24) is 4.98 Å². The molecular formula is C11H18N2S2. The van der Waals surface area contributed by atoms with E-state index in [4.69, 9.17) is 5.73 Å². The minimum atomic E-state index is 0.702. The van der Waals surface area contributed by atoms with Crippen molar-refractivity contribution >= 4 is 23.1 Å². The molecule has 1 heterocycles. The molecular weight excluding hydrogens is 224 g/mol. The molecule has 4 heteroatoms. The first-order valence-electron chi connectivity index (χ1n) is 5.58. The first kappa shape index (κ1) is 11.4. The van der Waals surface area contributed by atoms with Crippen LogP contribution in [0.3, 0.4) is 0 Å². The number of rotatable bonds is 3. The lowest BCUT2D eigenvalue weighted by atomic mass is 9.89. The maximum atomic E-state index is 5.82. The molecule has 2 N–H and O–H groups in total. The molecule has 0 aliphatic heterocycles. The van der Waals surface area contributed by atoms with E-state index >= 15 is 0 Å². The summed E-state index contributed by atoms with van der Waals surface area (Å²) in [5.41, 5.74) is 6.96. The molecule has 2 nitrogen and oxygen atoms in total. The first-order valence-corrected chi connectivity index (χ1v) is 7.34. The fraction of sp³-hybridized carbons (Fsp3) is 0.727. The Hall–Kier alpha value is -0.0600. The topological polar surface area (TPSA) is 38.9 Å². The predicted molar refractivity (Wildman–Crippen MR) is 67.5 cm³/mol. The highest BCUT2D eigenvalue weighted by Crippen LogP contribution is 2.38. The van der Waals surface area contributed by atoms with Crippen LogP contribution in [0.1, 0.15) is 31.4 Å². The highest BCUT2D eigenvalue weighted by atomic mass is 32.2. The second kappa shape index (κ2) is 5.32. The van der Waals surface area contributed by atoms with Crippen LogP contribution < -0.4 is 5.73 Å². The van der Waals surface area contributed by atoms with E-state index in [2.05, 4.69) is 17.3 Å². The second-order valence-corrected chi connectivity index (χ2v) is 6.54. The fourth-order valence-corrected chi connectivity index (χ4v) is 4.55. The molecule has 1 fully saturated rings. The summed E-state index contributed by atoms with van der Waals surface area (Å²) in [6.07, 6.45) is 5.33. The highest BCUT2D eigenvalue weighted by molar-refractivity contribution is 8.01. The number of aryl methyl sites for hydroxylation is 1. The molecule has 15 heavy (non-hydrogen) atoms. The molecule has 1 saturated carbocycles. The van der Waals surface area contributed by atoms with Gasteiger partial charge >= 0.3 is 0 Å². The zero-order valence-corrected chi connectivity index (χ0v) is 10.7. The lowest BCUT2D eigenvalue weighted by Crippen LogP contribution is -2.28. The van der Waals surface area contributed by atoms with Crippen LogP contribution in [0.2, 0.25) is 0 Å². The van der Waals surface area contributed by atoms with Gasteiger partial charge in [-0.1, -0.05) is 24.6 Å². The Labute approximate surface area is 99.7 Å². The van der Waals surface area contributed by atoms with Gasteiger partial charge in [0.25, 0.3) is 0 Å². The van der Waals surface area contributed by atoms with Gasteiger partial charge in [-0.05, 0) is 32.2 Å². The number of nitrogens with zero attached hydrogens (tertiary/aromatic N) is 1. The number of hydrogen-bond acceptors (Lipinski definition) is 4. The van der Waals surface area contributed by atoms with Gasteiger partial charge in [-0.15, -0.1) is 11.3 Å². The predicted octanol–water partition coefficient (Wildman–Crippen LogP) is 3.06. The van der Waals surface area contributed by atoms with Gasteiger partial charge in [-0.25, -0.2) is 4.98 Å². The molecule has 0 saturated heterocycles. The summed E-state index contributed by atoms with van der Waals surface area (Å²) in [5.74, 6) is 0.702. The third-order valence-corrected chi connectivity index (χ3v) is 5.54. The lowest BCUT2D eigenvalue weighted by Gasteiger charge is -2.29. The Balaban J connectivity index is 1.97. The molecule has 2 atom stereocenters. The quantitative estimate of drug-likeness (QED) is 0.885. The molecule has 1 aliphatic carbocycles. The molecule has 84 valence electrons. The van der Waals surface area contributed by atoms with Crippen molar-refractivity contribution in [1.29, 1.82) is 0 Å². The van der Waals surface area contributed by atoms with Crippen molar-refractivity contribution < 1.29 is 0 Å². The Kier molecular flexibility index (Phi) is 4.05. The van der Waals surface area contributed by atoms with Crippen LogP contribution in [0.4, 0.5) is 0 Å². The van der Waals surface area contributed by atoms with Crippen molar-refractivity contribution in [3.05, 3.63) is 11.1 Å². The summed E-state index contributed by atoms with van der Waals surface area (Å²) in [5, 5.41) is 2.83. The number of aromatic nitrogens is 1. The Morgan fingerprint density at radius 3 is 3.00 bits per heavy atom. The lowest BCUT2D eigenvalue weighted by molar-refractivity contribution is 0.378. The molecule has 0 bridgehead atoms. The van der Waals surface area contributed by atoms with E-state index in [0.29, 0.717) is 11.2 Å². The number of hydrogen-bond donors (Lipinski definition) is 1. The molecule has 0 aromatic carbocycles. The smallest absolute Gasteiger partial charge is 0.150 e. The molecule has 2 rings (SSSR count). The molecule has 0 amide bonds. The number of nitrogens with two attached hydrogens (primary N) is 1. The average molecular weight is 242 g/mol. The van der Waals surface area contributed by atoms with Gasteiger partial charge in [-0.2, -0.15) is 0 Å². The van der Waals surface area contributed by atoms with Crippen LogP contribution in [0, 0.1) is 12.8 Å². The van der Waals surface area contributed by atoms with E-state index in [-0.39, 0.29) is 0 Å². The number of thiazole rings is 1. The van der Waals surface area contributed by atoms with Gasteiger partial charge in [0, 0.05) is 16.3 Å². The van der Waals surface area contributed by atoms with E-state index in [1.165, 1.54) is 30.0 Å². The molecule has 1 aromatic heterocycles. The van der Waals surface area contributed by atoms with Crippen LogP contribution in [0.5, 0.6) is 0 Å². The molecule has 2 unspecified atom stereocenters. The van der Waals surface area contributed by atoms with Crippen molar-refractivity contribution in [3.8, 4) is 0 Å². The third kappa shape index (κ3) is 2.95. The standard InChI is InChI=1S/C11H18N2S2/c1-8-7-14-11(13-8)15-10-5-3-2-4-9(10)6-12/h7,9-10H,2-6,12H2,1H3. The molecule has 0 spiro atoms. The van der Waals surface area contributed by atoms with Gasteiger partial charge in [0.15, 0.2) is 0 Å². The van der Waals surface area contributed by atoms with Gasteiger partial charge in [0.1, 0.15) is 4.34 Å².